The summed E-state index contributed by atoms with van der Waals surface area (Å²) in [6, 6.07) is 6.49. The van der Waals surface area contributed by atoms with Crippen molar-refractivity contribution in [2.24, 2.45) is 0 Å². The number of benzene rings is 1. The van der Waals surface area contributed by atoms with Crippen molar-refractivity contribution in [3.8, 4) is 17.6 Å². The number of ether oxygens (including phenoxy) is 2. The highest BCUT2D eigenvalue weighted by Crippen LogP contribution is 2.32. The summed E-state index contributed by atoms with van der Waals surface area (Å²) in [5.41, 5.74) is -1.09. The van der Waals surface area contributed by atoms with Crippen LogP contribution in [0.5, 0.6) is 11.5 Å². The Labute approximate surface area is 124 Å². The van der Waals surface area contributed by atoms with E-state index in [1.54, 1.807) is 19.9 Å². The second kappa shape index (κ2) is 5.92. The second-order valence-electron chi connectivity index (χ2n) is 4.81. The second-order valence-corrected chi connectivity index (χ2v) is 6.49. The smallest absolute Gasteiger partial charge is 0.242 e. The van der Waals surface area contributed by atoms with E-state index in [0.29, 0.717) is 37.6 Å². The molecule has 1 aliphatic heterocycles. The summed E-state index contributed by atoms with van der Waals surface area (Å²) in [6.07, 6.45) is 0.785. The van der Waals surface area contributed by atoms with Gasteiger partial charge in [-0.2, -0.15) is 9.98 Å². The van der Waals surface area contributed by atoms with Gasteiger partial charge in [0.25, 0.3) is 0 Å². The maximum Gasteiger partial charge on any atom is 0.242 e. The van der Waals surface area contributed by atoms with Crippen LogP contribution in [0.25, 0.3) is 0 Å². The molecule has 0 fully saturated rings. The maximum atomic E-state index is 12.5. The first kappa shape index (κ1) is 15.6. The van der Waals surface area contributed by atoms with E-state index in [0.717, 1.165) is 0 Å². The average Bonchev–Trinajstić information content (AvgIpc) is 2.52. The molecule has 0 amide bonds. The molecule has 0 spiro atoms. The minimum absolute atomic E-state index is 0.0632. The fourth-order valence-corrected chi connectivity index (χ4v) is 3.56. The Bertz CT molecular complexity index is 660. The molecule has 1 aromatic rings. The first-order valence-electron chi connectivity index (χ1n) is 6.81. The lowest BCUT2D eigenvalue weighted by Crippen LogP contribution is -2.46. The number of sulfonamides is 1. The predicted molar refractivity (Wildman–Crippen MR) is 76.7 cm³/mol. The Morgan fingerprint density at radius 1 is 1.24 bits per heavy atom. The zero-order chi connectivity index (χ0) is 15.5. The maximum absolute atomic E-state index is 12.5. The predicted octanol–water partition coefficient (Wildman–Crippen LogP) is 1.82. The Hall–Kier alpha value is -1.78. The third kappa shape index (κ3) is 3.12. The minimum atomic E-state index is -3.80. The number of fused-ring (bicyclic) bond motifs is 1. The SMILES string of the molecule is CCC(C#N)(CC)NS(=O)(=O)c1ccc2c(c1)OCCO2. The van der Waals surface area contributed by atoms with E-state index < -0.39 is 15.6 Å². The van der Waals surface area contributed by atoms with Crippen LogP contribution in [-0.2, 0) is 10.0 Å². The van der Waals surface area contributed by atoms with E-state index >= 15 is 0 Å². The summed E-state index contributed by atoms with van der Waals surface area (Å²) in [4.78, 5) is 0.0632. The van der Waals surface area contributed by atoms with Crippen molar-refractivity contribution in [2.75, 3.05) is 13.2 Å². The lowest BCUT2D eigenvalue weighted by Gasteiger charge is -2.25. The van der Waals surface area contributed by atoms with Gasteiger partial charge in [-0.15, -0.1) is 0 Å². The third-order valence-electron chi connectivity index (χ3n) is 3.57. The topological polar surface area (TPSA) is 88.4 Å². The van der Waals surface area contributed by atoms with Crippen LogP contribution in [-0.4, -0.2) is 27.2 Å². The Morgan fingerprint density at radius 3 is 2.43 bits per heavy atom. The number of hydrogen-bond donors (Lipinski definition) is 1. The van der Waals surface area contributed by atoms with Crippen molar-refractivity contribution in [1.82, 2.24) is 4.72 Å². The number of nitriles is 1. The quantitative estimate of drug-likeness (QED) is 0.896. The molecule has 7 heteroatoms. The molecule has 0 radical (unpaired) electrons. The van der Waals surface area contributed by atoms with E-state index in [4.69, 9.17) is 9.47 Å². The molecule has 0 aliphatic carbocycles. The van der Waals surface area contributed by atoms with Gasteiger partial charge in [-0.1, -0.05) is 13.8 Å². The Morgan fingerprint density at radius 2 is 1.86 bits per heavy atom. The molecule has 0 aromatic heterocycles. The molecule has 0 saturated carbocycles. The molecule has 1 heterocycles. The monoisotopic (exact) mass is 310 g/mol. The highest BCUT2D eigenvalue weighted by Gasteiger charge is 2.32. The molecular weight excluding hydrogens is 292 g/mol. The molecule has 1 aliphatic rings. The summed E-state index contributed by atoms with van der Waals surface area (Å²) >= 11 is 0. The zero-order valence-electron chi connectivity index (χ0n) is 12.0. The molecule has 0 atom stereocenters. The van der Waals surface area contributed by atoms with Gasteiger partial charge in [-0.25, -0.2) is 8.42 Å². The normalized spacial score (nSPS) is 14.5. The molecule has 2 rings (SSSR count). The van der Waals surface area contributed by atoms with Crippen LogP contribution in [0, 0.1) is 11.3 Å². The van der Waals surface area contributed by atoms with Crippen LogP contribution < -0.4 is 14.2 Å². The first-order chi connectivity index (χ1) is 9.96. The summed E-state index contributed by atoms with van der Waals surface area (Å²) in [7, 11) is -3.80. The van der Waals surface area contributed by atoms with Gasteiger partial charge in [0.1, 0.15) is 18.8 Å². The zero-order valence-corrected chi connectivity index (χ0v) is 12.9. The number of hydrogen-bond acceptors (Lipinski definition) is 5. The fourth-order valence-electron chi connectivity index (χ4n) is 2.08. The van der Waals surface area contributed by atoms with Crippen LogP contribution >= 0.6 is 0 Å². The molecule has 6 nitrogen and oxygen atoms in total. The number of rotatable bonds is 5. The highest BCUT2D eigenvalue weighted by atomic mass is 32.2. The standard InChI is InChI=1S/C14H18N2O4S/c1-3-14(4-2,10-15)16-21(17,18)11-5-6-12-13(9-11)20-8-7-19-12/h5-6,9,16H,3-4,7-8H2,1-2H3. The van der Waals surface area contributed by atoms with Crippen molar-refractivity contribution >= 4 is 10.0 Å². The van der Waals surface area contributed by atoms with Gasteiger partial charge in [-0.3, -0.25) is 0 Å². The summed E-state index contributed by atoms with van der Waals surface area (Å²) in [5, 5.41) is 9.26. The molecule has 0 unspecified atom stereocenters. The largest absolute Gasteiger partial charge is 0.486 e. The molecule has 0 saturated heterocycles. The molecule has 21 heavy (non-hydrogen) atoms. The first-order valence-corrected chi connectivity index (χ1v) is 8.29. The van der Waals surface area contributed by atoms with Gasteiger partial charge in [0, 0.05) is 6.07 Å². The molecular formula is C14H18N2O4S. The van der Waals surface area contributed by atoms with E-state index in [1.807, 2.05) is 0 Å². The van der Waals surface area contributed by atoms with Gasteiger partial charge in [0.15, 0.2) is 11.5 Å². The summed E-state index contributed by atoms with van der Waals surface area (Å²) in [5.74, 6) is 0.928. The summed E-state index contributed by atoms with van der Waals surface area (Å²) in [6.45, 7) is 4.38. The van der Waals surface area contributed by atoms with Gasteiger partial charge in [0.05, 0.1) is 11.0 Å². The van der Waals surface area contributed by atoms with Gasteiger partial charge < -0.3 is 9.47 Å². The van der Waals surface area contributed by atoms with Crippen LogP contribution in [0.2, 0.25) is 0 Å². The Kier molecular flexibility index (Phi) is 4.40. The van der Waals surface area contributed by atoms with E-state index in [-0.39, 0.29) is 4.90 Å². The minimum Gasteiger partial charge on any atom is -0.486 e. The average molecular weight is 310 g/mol. The van der Waals surface area contributed by atoms with Crippen LogP contribution in [0.3, 0.4) is 0 Å². The molecule has 0 bridgehead atoms. The van der Waals surface area contributed by atoms with E-state index in [9.17, 15) is 13.7 Å². The van der Waals surface area contributed by atoms with Crippen molar-refractivity contribution in [3.05, 3.63) is 18.2 Å². The van der Waals surface area contributed by atoms with Crippen molar-refractivity contribution in [3.63, 3.8) is 0 Å². The fraction of sp³-hybridized carbons (Fsp3) is 0.500. The van der Waals surface area contributed by atoms with Crippen molar-refractivity contribution in [2.45, 2.75) is 37.1 Å². The number of nitrogens with one attached hydrogen (secondary N) is 1. The van der Waals surface area contributed by atoms with Crippen molar-refractivity contribution in [1.29, 1.82) is 5.26 Å². The molecule has 1 aromatic carbocycles. The third-order valence-corrected chi connectivity index (χ3v) is 5.11. The Balaban J connectivity index is 2.34. The van der Waals surface area contributed by atoms with Gasteiger partial charge in [0.2, 0.25) is 10.0 Å². The van der Waals surface area contributed by atoms with Gasteiger partial charge >= 0.3 is 0 Å². The lowest BCUT2D eigenvalue weighted by molar-refractivity contribution is 0.171. The van der Waals surface area contributed by atoms with Crippen LogP contribution in [0.15, 0.2) is 23.1 Å². The van der Waals surface area contributed by atoms with E-state index in [1.165, 1.54) is 12.1 Å². The van der Waals surface area contributed by atoms with E-state index in [2.05, 4.69) is 10.8 Å². The van der Waals surface area contributed by atoms with Crippen LogP contribution in [0.1, 0.15) is 26.7 Å². The highest BCUT2D eigenvalue weighted by molar-refractivity contribution is 7.89. The lowest BCUT2D eigenvalue weighted by atomic mass is 9.97. The van der Waals surface area contributed by atoms with Crippen LogP contribution in [0.4, 0.5) is 0 Å². The molecule has 114 valence electrons. The summed E-state index contributed by atoms with van der Waals surface area (Å²) < 4.78 is 38.1. The number of nitrogens with zero attached hydrogens (tertiary/aromatic N) is 1. The van der Waals surface area contributed by atoms with Gasteiger partial charge in [-0.05, 0) is 25.0 Å². The molecule has 1 N–H and O–H groups in total. The van der Waals surface area contributed by atoms with Crippen molar-refractivity contribution < 1.29 is 17.9 Å².